The molecule has 0 aliphatic heterocycles. The third-order valence-corrected chi connectivity index (χ3v) is 3.93. The van der Waals surface area contributed by atoms with Gasteiger partial charge >= 0.3 is 0 Å². The van der Waals surface area contributed by atoms with Gasteiger partial charge in [0, 0.05) is 13.9 Å². The molecule has 1 aromatic rings. The van der Waals surface area contributed by atoms with Gasteiger partial charge in [-0.15, -0.1) is 0 Å². The van der Waals surface area contributed by atoms with E-state index in [2.05, 4.69) is 38.5 Å². The summed E-state index contributed by atoms with van der Waals surface area (Å²) >= 11 is 17.2. The molecule has 60 valence electrons. The molecular weight excluding hydrogens is 362 g/mol. The Hall–Kier alpha value is 1.01. The topological polar surface area (TPSA) is 0 Å². The summed E-state index contributed by atoms with van der Waals surface area (Å²) in [4.78, 5) is 0. The van der Waals surface area contributed by atoms with Crippen molar-refractivity contribution >= 4 is 61.7 Å². The van der Waals surface area contributed by atoms with E-state index in [1.54, 1.807) is 6.07 Å². The van der Waals surface area contributed by atoms with E-state index >= 15 is 0 Å². The van der Waals surface area contributed by atoms with Crippen LogP contribution in [0.15, 0.2) is 12.1 Å². The Morgan fingerprint density at radius 3 is 2.55 bits per heavy atom. The standard InChI is InChI=1S/C7H4BrCl2I/c8-3-4-1-5(9)2-6(10)7(4)11/h1-2H,3H2. The molecule has 0 bridgehead atoms. The van der Waals surface area contributed by atoms with Gasteiger partial charge in [0.05, 0.1) is 5.02 Å². The van der Waals surface area contributed by atoms with E-state index in [1.807, 2.05) is 6.07 Å². The molecule has 0 heterocycles. The smallest absolute Gasteiger partial charge is 0.0557 e. The zero-order valence-electron chi connectivity index (χ0n) is 5.37. The lowest BCUT2D eigenvalue weighted by Gasteiger charge is -2.02. The van der Waals surface area contributed by atoms with Gasteiger partial charge in [-0.1, -0.05) is 39.1 Å². The van der Waals surface area contributed by atoms with E-state index in [1.165, 1.54) is 0 Å². The van der Waals surface area contributed by atoms with Crippen molar-refractivity contribution in [3.05, 3.63) is 31.3 Å². The molecule has 4 heteroatoms. The van der Waals surface area contributed by atoms with E-state index in [0.29, 0.717) is 10.0 Å². The van der Waals surface area contributed by atoms with Crippen LogP contribution in [0.25, 0.3) is 0 Å². The molecule has 0 saturated carbocycles. The van der Waals surface area contributed by atoms with Crippen LogP contribution in [0.4, 0.5) is 0 Å². The third-order valence-electron chi connectivity index (χ3n) is 1.21. The average molecular weight is 366 g/mol. The van der Waals surface area contributed by atoms with Gasteiger partial charge in [-0.25, -0.2) is 0 Å². The highest BCUT2D eigenvalue weighted by Crippen LogP contribution is 2.27. The molecule has 1 rings (SSSR count). The molecule has 0 radical (unpaired) electrons. The second-order valence-electron chi connectivity index (χ2n) is 1.99. The number of rotatable bonds is 1. The summed E-state index contributed by atoms with van der Waals surface area (Å²) in [5, 5.41) is 2.18. The van der Waals surface area contributed by atoms with Crippen LogP contribution in [0.1, 0.15) is 5.56 Å². The van der Waals surface area contributed by atoms with Crippen LogP contribution < -0.4 is 0 Å². The Balaban J connectivity index is 3.24. The maximum absolute atomic E-state index is 5.89. The molecule has 0 aliphatic rings. The quantitative estimate of drug-likeness (QED) is 0.391. The van der Waals surface area contributed by atoms with Crippen molar-refractivity contribution < 1.29 is 0 Å². The van der Waals surface area contributed by atoms with Crippen molar-refractivity contribution in [1.29, 1.82) is 0 Å². The van der Waals surface area contributed by atoms with E-state index < -0.39 is 0 Å². The number of benzene rings is 1. The van der Waals surface area contributed by atoms with Crippen molar-refractivity contribution in [1.82, 2.24) is 0 Å². The predicted octanol–water partition coefficient (Wildman–Crippen LogP) is 4.49. The number of hydrogen-bond acceptors (Lipinski definition) is 0. The molecule has 0 fully saturated rings. The second kappa shape index (κ2) is 4.30. The lowest BCUT2D eigenvalue weighted by molar-refractivity contribution is 1.40. The van der Waals surface area contributed by atoms with Crippen LogP contribution >= 0.6 is 61.7 Å². The van der Waals surface area contributed by atoms with Crippen molar-refractivity contribution in [3.8, 4) is 0 Å². The highest BCUT2D eigenvalue weighted by Gasteiger charge is 2.04. The summed E-state index contributed by atoms with van der Waals surface area (Å²) in [5.41, 5.74) is 1.13. The summed E-state index contributed by atoms with van der Waals surface area (Å²) in [6, 6.07) is 3.65. The molecule has 1 aromatic carbocycles. The number of alkyl halides is 1. The predicted molar refractivity (Wildman–Crippen MR) is 61.8 cm³/mol. The lowest BCUT2D eigenvalue weighted by Crippen LogP contribution is -1.84. The fourth-order valence-electron chi connectivity index (χ4n) is 0.707. The molecule has 0 saturated heterocycles. The van der Waals surface area contributed by atoms with Crippen molar-refractivity contribution in [2.24, 2.45) is 0 Å². The van der Waals surface area contributed by atoms with E-state index in [0.717, 1.165) is 14.5 Å². The Kier molecular flexibility index (Phi) is 3.95. The van der Waals surface area contributed by atoms with E-state index in [9.17, 15) is 0 Å². The minimum absolute atomic E-state index is 0.685. The zero-order valence-corrected chi connectivity index (χ0v) is 10.6. The monoisotopic (exact) mass is 364 g/mol. The molecule has 0 atom stereocenters. The molecule has 0 N–H and O–H groups in total. The van der Waals surface area contributed by atoms with E-state index in [-0.39, 0.29) is 0 Å². The van der Waals surface area contributed by atoms with Crippen molar-refractivity contribution in [3.63, 3.8) is 0 Å². The van der Waals surface area contributed by atoms with Gasteiger partial charge < -0.3 is 0 Å². The van der Waals surface area contributed by atoms with Gasteiger partial charge in [0.2, 0.25) is 0 Å². The van der Waals surface area contributed by atoms with Crippen LogP contribution in [0.5, 0.6) is 0 Å². The highest BCUT2D eigenvalue weighted by molar-refractivity contribution is 14.1. The summed E-state index contributed by atoms with van der Waals surface area (Å²) in [6.45, 7) is 0. The zero-order chi connectivity index (χ0) is 8.43. The summed E-state index contributed by atoms with van der Waals surface area (Å²) in [7, 11) is 0. The Labute approximate surface area is 97.5 Å². The SMILES string of the molecule is Clc1cc(Cl)c(I)c(CBr)c1. The van der Waals surface area contributed by atoms with Gasteiger partial charge in [0.1, 0.15) is 0 Å². The van der Waals surface area contributed by atoms with Gasteiger partial charge in [-0.2, -0.15) is 0 Å². The first-order valence-corrected chi connectivity index (χ1v) is 5.80. The van der Waals surface area contributed by atoms with Crippen LogP contribution in [0, 0.1) is 3.57 Å². The fraction of sp³-hybridized carbons (Fsp3) is 0.143. The maximum atomic E-state index is 5.89. The highest BCUT2D eigenvalue weighted by atomic mass is 127. The van der Waals surface area contributed by atoms with Gasteiger partial charge in [0.25, 0.3) is 0 Å². The van der Waals surface area contributed by atoms with Crippen LogP contribution in [0.2, 0.25) is 10.0 Å². The molecule has 0 amide bonds. The third kappa shape index (κ3) is 2.47. The Morgan fingerprint density at radius 2 is 2.00 bits per heavy atom. The molecule has 0 aliphatic carbocycles. The van der Waals surface area contributed by atoms with Crippen molar-refractivity contribution in [2.45, 2.75) is 5.33 Å². The van der Waals surface area contributed by atoms with Crippen molar-refractivity contribution in [2.75, 3.05) is 0 Å². The molecule has 0 spiro atoms. The van der Waals surface area contributed by atoms with Crippen LogP contribution in [0.3, 0.4) is 0 Å². The first-order valence-electron chi connectivity index (χ1n) is 2.84. The summed E-state index contributed by atoms with van der Waals surface area (Å²) < 4.78 is 1.06. The first-order chi connectivity index (χ1) is 5.15. The largest absolute Gasteiger partial charge is 0.0876 e. The lowest BCUT2D eigenvalue weighted by atomic mass is 10.2. The summed E-state index contributed by atoms with van der Waals surface area (Å²) in [5.74, 6) is 0. The average Bonchev–Trinajstić information content (AvgIpc) is 1.96. The first kappa shape index (κ1) is 10.1. The molecule has 0 nitrogen and oxygen atoms in total. The summed E-state index contributed by atoms with van der Waals surface area (Å²) in [6.07, 6.45) is 0. The molecule has 0 unspecified atom stereocenters. The van der Waals surface area contributed by atoms with Crippen LogP contribution in [-0.4, -0.2) is 0 Å². The second-order valence-corrected chi connectivity index (χ2v) is 4.48. The Bertz CT molecular complexity index is 275. The normalized spacial score (nSPS) is 10.2. The van der Waals surface area contributed by atoms with Gasteiger partial charge in [-0.05, 0) is 40.3 Å². The van der Waals surface area contributed by atoms with E-state index in [4.69, 9.17) is 23.2 Å². The fourth-order valence-corrected chi connectivity index (χ4v) is 2.71. The molecule has 11 heavy (non-hydrogen) atoms. The van der Waals surface area contributed by atoms with Gasteiger partial charge in [-0.3, -0.25) is 0 Å². The minimum Gasteiger partial charge on any atom is -0.0876 e. The number of hydrogen-bond donors (Lipinski definition) is 0. The Morgan fingerprint density at radius 1 is 1.36 bits per heavy atom. The van der Waals surface area contributed by atoms with Gasteiger partial charge in [0.15, 0.2) is 0 Å². The minimum atomic E-state index is 0.685. The van der Waals surface area contributed by atoms with Crippen LogP contribution in [-0.2, 0) is 5.33 Å². The molecule has 0 aromatic heterocycles. The molecular formula is C7H4BrCl2I. The number of halogens is 4. The maximum Gasteiger partial charge on any atom is 0.0557 e.